The summed E-state index contributed by atoms with van der Waals surface area (Å²) in [6.45, 7) is 6.43. The Morgan fingerprint density at radius 3 is 2.52 bits per heavy atom. The van der Waals surface area contributed by atoms with E-state index in [0.717, 1.165) is 17.8 Å². The van der Waals surface area contributed by atoms with Crippen LogP contribution in [0.15, 0.2) is 0 Å². The molecule has 0 atom stereocenters. The molecule has 0 unspecified atom stereocenters. The maximum Gasteiger partial charge on any atom is 0.321 e. The third-order valence-corrected chi connectivity index (χ3v) is 4.91. The molecule has 23 heavy (non-hydrogen) atoms. The van der Waals surface area contributed by atoms with Gasteiger partial charge in [0.05, 0.1) is 0 Å². The minimum atomic E-state index is -0.365. The highest BCUT2D eigenvalue weighted by atomic mass is 32.1. The first-order valence-electron chi connectivity index (χ1n) is 8.03. The minimum absolute atomic E-state index is 0.0110. The van der Waals surface area contributed by atoms with Crippen molar-refractivity contribution in [3.8, 4) is 0 Å². The largest absolute Gasteiger partial charge is 0.353 e. The highest BCUT2D eigenvalue weighted by Gasteiger charge is 2.20. The van der Waals surface area contributed by atoms with Crippen LogP contribution in [0.2, 0.25) is 0 Å². The van der Waals surface area contributed by atoms with Crippen LogP contribution in [0.25, 0.3) is 0 Å². The summed E-state index contributed by atoms with van der Waals surface area (Å²) in [6.07, 6.45) is 4.78. The van der Waals surface area contributed by atoms with E-state index < -0.39 is 0 Å². The van der Waals surface area contributed by atoms with Crippen LogP contribution in [-0.4, -0.2) is 34.7 Å². The topological polar surface area (TPSA) is 96.0 Å². The van der Waals surface area contributed by atoms with E-state index in [1.165, 1.54) is 24.2 Å². The van der Waals surface area contributed by atoms with Crippen molar-refractivity contribution in [3.63, 3.8) is 0 Å². The van der Waals surface area contributed by atoms with Gasteiger partial charge in [0.2, 0.25) is 11.0 Å². The van der Waals surface area contributed by atoms with Crippen molar-refractivity contribution in [2.24, 2.45) is 0 Å². The first-order valence-corrected chi connectivity index (χ1v) is 8.84. The smallest absolute Gasteiger partial charge is 0.321 e. The summed E-state index contributed by atoms with van der Waals surface area (Å²) in [4.78, 5) is 23.5. The van der Waals surface area contributed by atoms with Crippen LogP contribution in [0.3, 0.4) is 0 Å². The second-order valence-electron chi connectivity index (χ2n) is 6.84. The maximum absolute atomic E-state index is 11.8. The minimum Gasteiger partial charge on any atom is -0.353 e. The Morgan fingerprint density at radius 2 is 1.91 bits per heavy atom. The van der Waals surface area contributed by atoms with Crippen molar-refractivity contribution in [1.82, 2.24) is 20.8 Å². The van der Waals surface area contributed by atoms with E-state index in [-0.39, 0.29) is 23.8 Å². The molecule has 3 amide bonds. The van der Waals surface area contributed by atoms with Crippen LogP contribution >= 0.6 is 11.3 Å². The zero-order chi connectivity index (χ0) is 16.9. The number of carbonyl (C=O) groups is 2. The van der Waals surface area contributed by atoms with Gasteiger partial charge in [-0.1, -0.05) is 44.9 Å². The van der Waals surface area contributed by atoms with E-state index in [9.17, 15) is 9.59 Å². The molecule has 1 saturated carbocycles. The maximum atomic E-state index is 11.8. The molecule has 1 aromatic rings. The molecule has 1 heterocycles. The van der Waals surface area contributed by atoms with E-state index in [1.54, 1.807) is 0 Å². The molecule has 7 nitrogen and oxygen atoms in total. The SMILES string of the molecule is CC(C)(C)c1nnc(NC(=O)NCCC(=O)NC2CCCC2)s1. The molecule has 0 spiro atoms. The van der Waals surface area contributed by atoms with Crippen LogP contribution in [-0.2, 0) is 10.2 Å². The fourth-order valence-electron chi connectivity index (χ4n) is 2.38. The highest BCUT2D eigenvalue weighted by molar-refractivity contribution is 7.15. The molecule has 0 bridgehead atoms. The van der Waals surface area contributed by atoms with Crippen molar-refractivity contribution in [2.45, 2.75) is 64.3 Å². The first-order chi connectivity index (χ1) is 10.8. The molecule has 0 radical (unpaired) electrons. The van der Waals surface area contributed by atoms with Gasteiger partial charge in [-0.15, -0.1) is 10.2 Å². The van der Waals surface area contributed by atoms with E-state index in [1.807, 2.05) is 20.8 Å². The van der Waals surface area contributed by atoms with Gasteiger partial charge in [0.25, 0.3) is 0 Å². The number of urea groups is 1. The molecule has 0 saturated heterocycles. The van der Waals surface area contributed by atoms with Gasteiger partial charge in [-0.3, -0.25) is 10.1 Å². The average Bonchev–Trinajstić information content (AvgIpc) is 3.09. The van der Waals surface area contributed by atoms with Crippen molar-refractivity contribution in [1.29, 1.82) is 0 Å². The fourth-order valence-corrected chi connectivity index (χ4v) is 3.17. The summed E-state index contributed by atoms with van der Waals surface area (Å²) >= 11 is 1.36. The Morgan fingerprint density at radius 1 is 1.22 bits per heavy atom. The molecular formula is C15H25N5O2S. The lowest BCUT2D eigenvalue weighted by atomic mass is 9.98. The van der Waals surface area contributed by atoms with E-state index in [4.69, 9.17) is 0 Å². The Bertz CT molecular complexity index is 546. The van der Waals surface area contributed by atoms with Gasteiger partial charge in [0, 0.05) is 24.4 Å². The zero-order valence-electron chi connectivity index (χ0n) is 13.9. The second-order valence-corrected chi connectivity index (χ2v) is 7.82. The van der Waals surface area contributed by atoms with Crippen LogP contribution in [0.4, 0.5) is 9.93 Å². The summed E-state index contributed by atoms with van der Waals surface area (Å²) < 4.78 is 0. The molecule has 2 rings (SSSR count). The summed E-state index contributed by atoms with van der Waals surface area (Å²) in [5.74, 6) is -0.0110. The molecule has 0 aromatic carbocycles. The fraction of sp³-hybridized carbons (Fsp3) is 0.733. The Labute approximate surface area is 140 Å². The summed E-state index contributed by atoms with van der Waals surface area (Å²) in [6, 6.07) is -0.0520. The molecule has 1 aromatic heterocycles. The van der Waals surface area contributed by atoms with Gasteiger partial charge in [-0.05, 0) is 12.8 Å². The predicted molar refractivity (Wildman–Crippen MR) is 90.6 cm³/mol. The molecule has 128 valence electrons. The van der Waals surface area contributed by atoms with Crippen molar-refractivity contribution in [3.05, 3.63) is 5.01 Å². The zero-order valence-corrected chi connectivity index (χ0v) is 14.8. The third-order valence-electron chi connectivity index (χ3n) is 3.64. The first kappa shape index (κ1) is 17.7. The van der Waals surface area contributed by atoms with Crippen molar-refractivity contribution >= 4 is 28.4 Å². The number of hydrogen-bond donors (Lipinski definition) is 3. The molecule has 0 aliphatic heterocycles. The molecule has 1 aliphatic rings. The lowest BCUT2D eigenvalue weighted by molar-refractivity contribution is -0.121. The van der Waals surface area contributed by atoms with Gasteiger partial charge in [-0.25, -0.2) is 4.79 Å². The van der Waals surface area contributed by atoms with E-state index in [0.29, 0.717) is 17.7 Å². The van der Waals surface area contributed by atoms with Crippen LogP contribution in [0, 0.1) is 0 Å². The Balaban J connectivity index is 1.66. The van der Waals surface area contributed by atoms with Crippen molar-refractivity contribution < 1.29 is 9.59 Å². The monoisotopic (exact) mass is 339 g/mol. The summed E-state index contributed by atoms with van der Waals surface area (Å²) in [5.41, 5.74) is -0.0909. The van der Waals surface area contributed by atoms with Gasteiger partial charge in [0.1, 0.15) is 5.01 Å². The number of amides is 3. The molecule has 1 aliphatic carbocycles. The lowest BCUT2D eigenvalue weighted by Gasteiger charge is -2.12. The van der Waals surface area contributed by atoms with Crippen LogP contribution in [0.1, 0.15) is 57.9 Å². The standard InChI is InChI=1S/C15H25N5O2S/c1-15(2,3)12-19-20-14(23-12)18-13(22)16-9-8-11(21)17-10-6-4-5-7-10/h10H,4-9H2,1-3H3,(H,17,21)(H2,16,18,20,22). The van der Waals surface area contributed by atoms with E-state index in [2.05, 4.69) is 26.1 Å². The molecular weight excluding hydrogens is 314 g/mol. The van der Waals surface area contributed by atoms with Crippen molar-refractivity contribution in [2.75, 3.05) is 11.9 Å². The number of carbonyl (C=O) groups excluding carboxylic acids is 2. The van der Waals surface area contributed by atoms with Gasteiger partial charge in [-0.2, -0.15) is 0 Å². The number of nitrogens with one attached hydrogen (secondary N) is 3. The average molecular weight is 339 g/mol. The van der Waals surface area contributed by atoms with Crippen LogP contribution < -0.4 is 16.0 Å². The normalized spacial score (nSPS) is 15.4. The van der Waals surface area contributed by atoms with Crippen LogP contribution in [0.5, 0.6) is 0 Å². The van der Waals surface area contributed by atoms with Gasteiger partial charge in [0.15, 0.2) is 0 Å². The molecule has 3 N–H and O–H groups in total. The molecule has 1 fully saturated rings. The highest BCUT2D eigenvalue weighted by Crippen LogP contribution is 2.27. The van der Waals surface area contributed by atoms with Gasteiger partial charge >= 0.3 is 6.03 Å². The number of aromatic nitrogens is 2. The third kappa shape index (κ3) is 5.78. The molecule has 8 heteroatoms. The second kappa shape index (κ2) is 7.72. The Kier molecular flexibility index (Phi) is 5.92. The Hall–Kier alpha value is -1.70. The van der Waals surface area contributed by atoms with E-state index >= 15 is 0 Å². The predicted octanol–water partition coefficient (Wildman–Crippen LogP) is 2.41. The van der Waals surface area contributed by atoms with Gasteiger partial charge < -0.3 is 10.6 Å². The number of hydrogen-bond acceptors (Lipinski definition) is 5. The summed E-state index contributed by atoms with van der Waals surface area (Å²) in [7, 11) is 0. The number of rotatable bonds is 5. The lowest BCUT2D eigenvalue weighted by Crippen LogP contribution is -2.36. The number of anilines is 1. The summed E-state index contributed by atoms with van der Waals surface area (Å²) in [5, 5.41) is 17.6. The number of nitrogens with zero attached hydrogens (tertiary/aromatic N) is 2. The quantitative estimate of drug-likeness (QED) is 0.767.